The standard InChI is InChI=1S/C17H23NO11/c1-8(19)27-11-5-6-18(12(7-11)17(25)26-4)15(22)13(28-9(2)20)14(16(23)24)29-10(3)21/h11-14H,5-7H2,1-4H3,(H,23,24)/t11-,12+,13+,14+/m1/s1. The number of piperidine rings is 1. The maximum atomic E-state index is 13.0. The van der Waals surface area contributed by atoms with E-state index in [1.807, 2.05) is 0 Å². The monoisotopic (exact) mass is 417 g/mol. The Morgan fingerprint density at radius 2 is 1.48 bits per heavy atom. The van der Waals surface area contributed by atoms with Crippen LogP contribution < -0.4 is 0 Å². The molecule has 1 amide bonds. The van der Waals surface area contributed by atoms with Gasteiger partial charge in [-0.1, -0.05) is 0 Å². The van der Waals surface area contributed by atoms with E-state index in [9.17, 15) is 33.9 Å². The highest BCUT2D eigenvalue weighted by Crippen LogP contribution is 2.24. The number of methoxy groups -OCH3 is 1. The van der Waals surface area contributed by atoms with Gasteiger partial charge < -0.3 is 29.0 Å². The van der Waals surface area contributed by atoms with Gasteiger partial charge in [0, 0.05) is 40.2 Å². The SMILES string of the molecule is COC(=O)[C@@H]1C[C@H](OC(C)=O)CCN1C(=O)[C@@H](OC(C)=O)[C@H](OC(C)=O)C(=O)O. The molecule has 0 radical (unpaired) electrons. The van der Waals surface area contributed by atoms with Crippen molar-refractivity contribution in [1.82, 2.24) is 4.90 Å². The van der Waals surface area contributed by atoms with Crippen LogP contribution in [0.2, 0.25) is 0 Å². The molecule has 12 nitrogen and oxygen atoms in total. The van der Waals surface area contributed by atoms with E-state index in [2.05, 4.69) is 9.47 Å². The van der Waals surface area contributed by atoms with Gasteiger partial charge >= 0.3 is 29.8 Å². The van der Waals surface area contributed by atoms with Gasteiger partial charge in [0.25, 0.3) is 5.91 Å². The third-order valence-electron chi connectivity index (χ3n) is 3.99. The number of rotatable bonds is 7. The van der Waals surface area contributed by atoms with Crippen LogP contribution >= 0.6 is 0 Å². The third kappa shape index (κ3) is 6.73. The Balaban J connectivity index is 3.21. The van der Waals surface area contributed by atoms with Crippen molar-refractivity contribution in [2.24, 2.45) is 0 Å². The summed E-state index contributed by atoms with van der Waals surface area (Å²) in [5, 5.41) is 9.33. The van der Waals surface area contributed by atoms with Gasteiger partial charge in [-0.15, -0.1) is 0 Å². The molecule has 1 fully saturated rings. The number of carbonyl (C=O) groups is 6. The van der Waals surface area contributed by atoms with Crippen LogP contribution in [0.5, 0.6) is 0 Å². The second kappa shape index (κ2) is 10.4. The van der Waals surface area contributed by atoms with Gasteiger partial charge in [0.15, 0.2) is 0 Å². The first-order valence-corrected chi connectivity index (χ1v) is 8.60. The van der Waals surface area contributed by atoms with Crippen molar-refractivity contribution in [2.75, 3.05) is 13.7 Å². The van der Waals surface area contributed by atoms with Crippen molar-refractivity contribution in [3.63, 3.8) is 0 Å². The van der Waals surface area contributed by atoms with E-state index in [0.717, 1.165) is 25.9 Å². The molecule has 1 aliphatic rings. The summed E-state index contributed by atoms with van der Waals surface area (Å²) in [6, 6.07) is -1.23. The number of esters is 4. The molecule has 12 heteroatoms. The van der Waals surface area contributed by atoms with Crippen LogP contribution in [-0.2, 0) is 47.7 Å². The van der Waals surface area contributed by atoms with E-state index < -0.39 is 60.1 Å². The van der Waals surface area contributed by atoms with E-state index in [1.54, 1.807) is 0 Å². The quantitative estimate of drug-likeness (QED) is 0.400. The smallest absolute Gasteiger partial charge is 0.349 e. The maximum Gasteiger partial charge on any atom is 0.349 e. The number of hydrogen-bond acceptors (Lipinski definition) is 10. The Bertz CT molecular complexity index is 689. The van der Waals surface area contributed by atoms with Crippen LogP contribution in [0.4, 0.5) is 0 Å². The van der Waals surface area contributed by atoms with Crippen molar-refractivity contribution in [1.29, 1.82) is 0 Å². The molecule has 4 atom stereocenters. The topological polar surface area (TPSA) is 163 Å². The van der Waals surface area contributed by atoms with Gasteiger partial charge in [-0.3, -0.25) is 19.2 Å². The maximum absolute atomic E-state index is 13.0. The number of ether oxygens (including phenoxy) is 4. The third-order valence-corrected chi connectivity index (χ3v) is 3.99. The average molecular weight is 417 g/mol. The van der Waals surface area contributed by atoms with E-state index >= 15 is 0 Å². The molecule has 0 aromatic heterocycles. The van der Waals surface area contributed by atoms with Crippen molar-refractivity contribution < 1.29 is 52.8 Å². The van der Waals surface area contributed by atoms with Gasteiger partial charge in [-0.2, -0.15) is 0 Å². The zero-order valence-corrected chi connectivity index (χ0v) is 16.4. The van der Waals surface area contributed by atoms with E-state index in [-0.39, 0.29) is 19.4 Å². The number of carboxylic acids is 1. The van der Waals surface area contributed by atoms with Gasteiger partial charge in [0.1, 0.15) is 12.1 Å². The number of likely N-dealkylation sites (tertiary alicyclic amines) is 1. The van der Waals surface area contributed by atoms with Crippen LogP contribution in [0.3, 0.4) is 0 Å². The van der Waals surface area contributed by atoms with Crippen LogP contribution in [-0.4, -0.2) is 83.8 Å². The zero-order chi connectivity index (χ0) is 22.3. The number of nitrogens with zero attached hydrogens (tertiary/aromatic N) is 1. The lowest BCUT2D eigenvalue weighted by Crippen LogP contribution is -2.58. The normalized spacial score (nSPS) is 20.6. The second-order valence-electron chi connectivity index (χ2n) is 6.22. The van der Waals surface area contributed by atoms with E-state index in [4.69, 9.17) is 9.47 Å². The number of amides is 1. The Kier molecular flexibility index (Phi) is 8.55. The van der Waals surface area contributed by atoms with Gasteiger partial charge in [-0.25, -0.2) is 9.59 Å². The fraction of sp³-hybridized carbons (Fsp3) is 0.647. The summed E-state index contributed by atoms with van der Waals surface area (Å²) in [6.45, 7) is 2.93. The summed E-state index contributed by atoms with van der Waals surface area (Å²) >= 11 is 0. The second-order valence-corrected chi connectivity index (χ2v) is 6.22. The largest absolute Gasteiger partial charge is 0.478 e. The highest BCUT2D eigenvalue weighted by atomic mass is 16.6. The molecule has 1 saturated heterocycles. The van der Waals surface area contributed by atoms with Gasteiger partial charge in [0.2, 0.25) is 12.2 Å². The van der Waals surface area contributed by atoms with Crippen LogP contribution in [0, 0.1) is 0 Å². The highest BCUT2D eigenvalue weighted by Gasteiger charge is 2.46. The molecule has 0 saturated carbocycles. The zero-order valence-electron chi connectivity index (χ0n) is 16.4. The molecule has 0 spiro atoms. The first-order chi connectivity index (χ1) is 13.5. The lowest BCUT2D eigenvalue weighted by atomic mass is 9.97. The predicted molar refractivity (Wildman–Crippen MR) is 91.0 cm³/mol. The minimum atomic E-state index is -2.12. The molecular weight excluding hydrogens is 394 g/mol. The van der Waals surface area contributed by atoms with Crippen LogP contribution in [0.1, 0.15) is 33.6 Å². The summed E-state index contributed by atoms with van der Waals surface area (Å²) in [7, 11) is 1.09. The van der Waals surface area contributed by atoms with Crippen molar-refractivity contribution >= 4 is 35.8 Å². The molecule has 0 aliphatic carbocycles. The van der Waals surface area contributed by atoms with Gasteiger partial charge in [-0.05, 0) is 0 Å². The van der Waals surface area contributed by atoms with E-state index in [0.29, 0.717) is 0 Å². The average Bonchev–Trinajstić information content (AvgIpc) is 2.62. The summed E-state index contributed by atoms with van der Waals surface area (Å²) in [5.74, 6) is -6.20. The first kappa shape index (κ1) is 23.9. The molecule has 1 rings (SSSR count). The molecule has 29 heavy (non-hydrogen) atoms. The fourth-order valence-corrected chi connectivity index (χ4v) is 2.90. The Morgan fingerprint density at radius 1 is 0.931 bits per heavy atom. The summed E-state index contributed by atoms with van der Waals surface area (Å²) in [6.07, 6.45) is -4.76. The molecule has 0 aromatic carbocycles. The van der Waals surface area contributed by atoms with Crippen LogP contribution in [0.15, 0.2) is 0 Å². The highest BCUT2D eigenvalue weighted by molar-refractivity contribution is 5.93. The van der Waals surface area contributed by atoms with Gasteiger partial charge in [0.05, 0.1) is 7.11 Å². The summed E-state index contributed by atoms with van der Waals surface area (Å²) < 4.78 is 19.2. The molecule has 0 bridgehead atoms. The molecule has 0 unspecified atom stereocenters. The summed E-state index contributed by atoms with van der Waals surface area (Å²) in [5.41, 5.74) is 0. The lowest BCUT2D eigenvalue weighted by Gasteiger charge is -2.39. The number of carbonyl (C=O) groups excluding carboxylic acids is 5. The van der Waals surface area contributed by atoms with E-state index in [1.165, 1.54) is 6.92 Å². The minimum absolute atomic E-state index is 0.101. The first-order valence-electron chi connectivity index (χ1n) is 8.60. The molecular formula is C17H23NO11. The lowest BCUT2D eigenvalue weighted by molar-refractivity contribution is -0.186. The number of carboxylic acid groups (broad SMARTS) is 1. The molecule has 162 valence electrons. The Hall–Kier alpha value is -3.18. The Morgan fingerprint density at radius 3 is 1.93 bits per heavy atom. The molecule has 1 N–H and O–H groups in total. The Labute approximate surface area is 166 Å². The molecule has 0 aromatic rings. The summed E-state index contributed by atoms with van der Waals surface area (Å²) in [4.78, 5) is 71.5. The number of aliphatic carboxylic acids is 1. The molecule has 1 heterocycles. The van der Waals surface area contributed by atoms with Crippen LogP contribution in [0.25, 0.3) is 0 Å². The molecule has 1 aliphatic heterocycles. The predicted octanol–water partition coefficient (Wildman–Crippen LogP) is -0.970. The fourth-order valence-electron chi connectivity index (χ4n) is 2.90. The number of hydrogen-bond donors (Lipinski definition) is 1. The van der Waals surface area contributed by atoms with Crippen molar-refractivity contribution in [3.8, 4) is 0 Å². The van der Waals surface area contributed by atoms with Crippen molar-refractivity contribution in [2.45, 2.75) is 58.0 Å². The minimum Gasteiger partial charge on any atom is -0.478 e. The van der Waals surface area contributed by atoms with Crippen molar-refractivity contribution in [3.05, 3.63) is 0 Å².